The van der Waals surface area contributed by atoms with Gasteiger partial charge in [-0.3, -0.25) is 5.41 Å². The van der Waals surface area contributed by atoms with Gasteiger partial charge in [-0.1, -0.05) is 49.7 Å². The zero-order chi connectivity index (χ0) is 15.1. The van der Waals surface area contributed by atoms with Crippen molar-refractivity contribution in [2.45, 2.75) is 19.8 Å². The first kappa shape index (κ1) is 14.9. The number of benzene rings is 2. The van der Waals surface area contributed by atoms with E-state index < -0.39 is 0 Å². The molecule has 0 bridgehead atoms. The van der Waals surface area contributed by atoms with Crippen molar-refractivity contribution in [3.63, 3.8) is 0 Å². The fraction of sp³-hybridized carbons (Fsp3) is 0.167. The van der Waals surface area contributed by atoms with Crippen LogP contribution in [0.3, 0.4) is 0 Å². The molecule has 3 nitrogen and oxygen atoms in total. The Hall–Kier alpha value is -2.55. The molecule has 3 heteroatoms. The zero-order valence-corrected chi connectivity index (χ0v) is 12.3. The van der Waals surface area contributed by atoms with Gasteiger partial charge in [-0.15, -0.1) is 0 Å². The third kappa shape index (κ3) is 4.49. The van der Waals surface area contributed by atoms with Crippen molar-refractivity contribution >= 4 is 17.2 Å². The maximum atomic E-state index is 7.54. The number of para-hydroxylation sites is 1. The molecule has 4 N–H and O–H groups in total. The Balaban J connectivity index is 2.32. The molecule has 0 spiro atoms. The third-order valence-electron chi connectivity index (χ3n) is 3.13. The average Bonchev–Trinajstić information content (AvgIpc) is 2.48. The van der Waals surface area contributed by atoms with Gasteiger partial charge in [0.25, 0.3) is 0 Å². The average molecular weight is 279 g/mol. The van der Waals surface area contributed by atoms with Crippen LogP contribution in [0, 0.1) is 5.41 Å². The first-order valence-electron chi connectivity index (χ1n) is 7.16. The Morgan fingerprint density at radius 3 is 2.57 bits per heavy atom. The van der Waals surface area contributed by atoms with E-state index >= 15 is 0 Å². The molecule has 0 aliphatic heterocycles. The summed E-state index contributed by atoms with van der Waals surface area (Å²) in [5.74, 6) is 0.0364. The molecule has 21 heavy (non-hydrogen) atoms. The lowest BCUT2D eigenvalue weighted by Gasteiger charge is -2.12. The van der Waals surface area contributed by atoms with Crippen molar-refractivity contribution in [2.24, 2.45) is 5.73 Å². The summed E-state index contributed by atoms with van der Waals surface area (Å²) in [6.07, 6.45) is 3.81. The van der Waals surface area contributed by atoms with Gasteiger partial charge in [-0.25, -0.2) is 0 Å². The fourth-order valence-corrected chi connectivity index (χ4v) is 2.21. The standard InChI is InChI=1S/C18H21N3/c1-2-7-14-8-6-9-15(12-14)17(13-18(19)20)21-16-10-4-3-5-11-16/h3-6,8-13,21H,2,7H2,1H3,(H3,19,20)/b17-13-. The molecule has 0 fully saturated rings. The van der Waals surface area contributed by atoms with Crippen LogP contribution in [0.2, 0.25) is 0 Å². The van der Waals surface area contributed by atoms with Crippen LogP contribution >= 0.6 is 0 Å². The fourth-order valence-electron chi connectivity index (χ4n) is 2.21. The Labute approximate surface area is 126 Å². The van der Waals surface area contributed by atoms with Crippen LogP contribution in [0.4, 0.5) is 5.69 Å². The van der Waals surface area contributed by atoms with Gasteiger partial charge < -0.3 is 11.1 Å². The molecule has 2 rings (SSSR count). The van der Waals surface area contributed by atoms with Gasteiger partial charge in [0.1, 0.15) is 5.84 Å². The normalized spacial score (nSPS) is 11.2. The Morgan fingerprint density at radius 2 is 1.90 bits per heavy atom. The summed E-state index contributed by atoms with van der Waals surface area (Å²) in [4.78, 5) is 0. The molecule has 0 radical (unpaired) electrons. The van der Waals surface area contributed by atoms with E-state index in [1.54, 1.807) is 6.08 Å². The SMILES string of the molecule is CCCc1cccc(/C(=C/C(=N)N)Nc2ccccc2)c1. The number of aryl methyl sites for hydroxylation is 1. The molecule has 0 saturated heterocycles. The van der Waals surface area contributed by atoms with Crippen molar-refractivity contribution in [3.8, 4) is 0 Å². The van der Waals surface area contributed by atoms with Crippen LogP contribution in [0.25, 0.3) is 5.70 Å². The van der Waals surface area contributed by atoms with Crippen LogP contribution in [-0.2, 0) is 6.42 Å². The van der Waals surface area contributed by atoms with E-state index in [2.05, 4.69) is 24.4 Å². The lowest BCUT2D eigenvalue weighted by atomic mass is 10.0. The minimum Gasteiger partial charge on any atom is -0.384 e. The lowest BCUT2D eigenvalue weighted by molar-refractivity contribution is 0.921. The summed E-state index contributed by atoms with van der Waals surface area (Å²) in [5, 5.41) is 10.9. The van der Waals surface area contributed by atoms with Crippen molar-refractivity contribution in [1.82, 2.24) is 0 Å². The van der Waals surface area contributed by atoms with Crippen LogP contribution in [0.5, 0.6) is 0 Å². The number of amidine groups is 1. The molecule has 0 aliphatic rings. The third-order valence-corrected chi connectivity index (χ3v) is 3.13. The number of rotatable bonds is 6. The summed E-state index contributed by atoms with van der Waals surface area (Å²) in [6, 6.07) is 18.2. The summed E-state index contributed by atoms with van der Waals surface area (Å²) in [7, 11) is 0. The molecule has 0 unspecified atom stereocenters. The van der Waals surface area contributed by atoms with E-state index in [4.69, 9.17) is 11.1 Å². The summed E-state index contributed by atoms with van der Waals surface area (Å²) >= 11 is 0. The maximum Gasteiger partial charge on any atom is 0.117 e. The predicted octanol–water partition coefficient (Wildman–Crippen LogP) is 4.03. The van der Waals surface area contributed by atoms with Crippen molar-refractivity contribution in [2.75, 3.05) is 5.32 Å². The van der Waals surface area contributed by atoms with Crippen molar-refractivity contribution < 1.29 is 0 Å². The van der Waals surface area contributed by atoms with Crippen LogP contribution in [0.1, 0.15) is 24.5 Å². The molecule has 0 saturated carbocycles. The van der Waals surface area contributed by atoms with Crippen LogP contribution in [0.15, 0.2) is 60.7 Å². The smallest absolute Gasteiger partial charge is 0.117 e. The molecule has 0 aliphatic carbocycles. The predicted molar refractivity (Wildman–Crippen MR) is 90.4 cm³/mol. The highest BCUT2D eigenvalue weighted by atomic mass is 14.9. The zero-order valence-electron chi connectivity index (χ0n) is 12.3. The van der Waals surface area contributed by atoms with Crippen molar-refractivity contribution in [1.29, 1.82) is 5.41 Å². The van der Waals surface area contributed by atoms with E-state index in [-0.39, 0.29) is 5.84 Å². The lowest BCUT2D eigenvalue weighted by Crippen LogP contribution is -2.09. The van der Waals surface area contributed by atoms with Gasteiger partial charge in [0.05, 0.1) is 0 Å². The number of nitrogens with one attached hydrogen (secondary N) is 2. The number of anilines is 1. The quantitative estimate of drug-likeness (QED) is 0.552. The second kappa shape index (κ2) is 7.29. The second-order valence-electron chi connectivity index (χ2n) is 4.95. The minimum absolute atomic E-state index is 0.0364. The largest absolute Gasteiger partial charge is 0.384 e. The molecule has 108 valence electrons. The molecule has 2 aromatic carbocycles. The molecule has 0 amide bonds. The summed E-state index contributed by atoms with van der Waals surface area (Å²) < 4.78 is 0. The van der Waals surface area contributed by atoms with Gasteiger partial charge in [0.2, 0.25) is 0 Å². The topological polar surface area (TPSA) is 61.9 Å². The number of hydrogen-bond acceptors (Lipinski definition) is 2. The highest BCUT2D eigenvalue weighted by molar-refractivity contribution is 5.98. The minimum atomic E-state index is 0.0364. The Bertz CT molecular complexity index is 630. The highest BCUT2D eigenvalue weighted by Crippen LogP contribution is 2.20. The molecular formula is C18H21N3. The first-order valence-corrected chi connectivity index (χ1v) is 7.16. The van der Waals surface area contributed by atoms with Crippen LogP contribution in [-0.4, -0.2) is 5.84 Å². The van der Waals surface area contributed by atoms with E-state index in [9.17, 15) is 0 Å². The van der Waals surface area contributed by atoms with E-state index in [0.717, 1.165) is 29.8 Å². The molecule has 0 atom stereocenters. The Morgan fingerprint density at radius 1 is 1.14 bits per heavy atom. The second-order valence-corrected chi connectivity index (χ2v) is 4.95. The van der Waals surface area contributed by atoms with Crippen LogP contribution < -0.4 is 11.1 Å². The number of hydrogen-bond donors (Lipinski definition) is 3. The van der Waals surface area contributed by atoms with Crippen molar-refractivity contribution in [3.05, 3.63) is 71.8 Å². The van der Waals surface area contributed by atoms with Gasteiger partial charge in [-0.2, -0.15) is 0 Å². The number of nitrogens with two attached hydrogens (primary N) is 1. The van der Waals surface area contributed by atoms with E-state index in [0.29, 0.717) is 0 Å². The van der Waals surface area contributed by atoms with Gasteiger partial charge in [-0.05, 0) is 35.7 Å². The molecule has 0 heterocycles. The molecule has 2 aromatic rings. The molecular weight excluding hydrogens is 258 g/mol. The van der Waals surface area contributed by atoms with Gasteiger partial charge in [0, 0.05) is 17.5 Å². The monoisotopic (exact) mass is 279 g/mol. The maximum absolute atomic E-state index is 7.54. The first-order chi connectivity index (χ1) is 10.2. The highest BCUT2D eigenvalue weighted by Gasteiger charge is 2.04. The van der Waals surface area contributed by atoms with Gasteiger partial charge >= 0.3 is 0 Å². The Kier molecular flexibility index (Phi) is 5.16. The summed E-state index contributed by atoms with van der Waals surface area (Å²) in [5.41, 5.74) is 9.70. The van der Waals surface area contributed by atoms with E-state index in [1.165, 1.54) is 5.56 Å². The van der Waals surface area contributed by atoms with E-state index in [1.807, 2.05) is 42.5 Å². The summed E-state index contributed by atoms with van der Waals surface area (Å²) in [6.45, 7) is 2.17. The molecule has 0 aromatic heterocycles. The van der Waals surface area contributed by atoms with Gasteiger partial charge in [0.15, 0.2) is 0 Å².